The van der Waals surface area contributed by atoms with E-state index in [1.807, 2.05) is 60.8 Å². The Hall–Kier alpha value is -3.19. The SMILES string of the molecule is CCc1ccccc1NC(=O)CCN1C(=S)N[C@H](c2ccccn2)[C@H]1c1ccc[nH]1. The van der Waals surface area contributed by atoms with Gasteiger partial charge in [-0.05, 0) is 54.5 Å². The highest BCUT2D eigenvalue weighted by Crippen LogP contribution is 2.37. The number of nitrogens with zero attached hydrogens (tertiary/aromatic N) is 2. The zero-order valence-corrected chi connectivity index (χ0v) is 17.7. The van der Waals surface area contributed by atoms with Gasteiger partial charge in [-0.1, -0.05) is 31.2 Å². The maximum atomic E-state index is 12.7. The first-order chi connectivity index (χ1) is 14.7. The van der Waals surface area contributed by atoms with Crippen LogP contribution in [0.15, 0.2) is 67.0 Å². The molecule has 30 heavy (non-hydrogen) atoms. The second kappa shape index (κ2) is 9.09. The predicted molar refractivity (Wildman–Crippen MR) is 122 cm³/mol. The highest BCUT2D eigenvalue weighted by atomic mass is 32.1. The fraction of sp³-hybridized carbons (Fsp3) is 0.261. The van der Waals surface area contributed by atoms with Gasteiger partial charge in [0.2, 0.25) is 5.91 Å². The van der Waals surface area contributed by atoms with Gasteiger partial charge in [-0.15, -0.1) is 0 Å². The number of hydrogen-bond acceptors (Lipinski definition) is 3. The lowest BCUT2D eigenvalue weighted by molar-refractivity contribution is -0.116. The van der Waals surface area contributed by atoms with E-state index in [2.05, 4.69) is 32.4 Å². The van der Waals surface area contributed by atoms with Gasteiger partial charge in [-0.2, -0.15) is 0 Å². The Bertz CT molecular complexity index is 1010. The first kappa shape index (κ1) is 20.1. The molecule has 0 radical (unpaired) electrons. The first-order valence-corrected chi connectivity index (χ1v) is 10.6. The molecule has 1 fully saturated rings. The summed E-state index contributed by atoms with van der Waals surface area (Å²) in [6.45, 7) is 2.59. The van der Waals surface area contributed by atoms with Crippen LogP contribution in [0.2, 0.25) is 0 Å². The van der Waals surface area contributed by atoms with Crippen molar-refractivity contribution in [2.75, 3.05) is 11.9 Å². The third-order valence-corrected chi connectivity index (χ3v) is 5.74. The summed E-state index contributed by atoms with van der Waals surface area (Å²) in [4.78, 5) is 22.6. The number of anilines is 1. The van der Waals surface area contributed by atoms with E-state index in [0.717, 1.165) is 29.1 Å². The van der Waals surface area contributed by atoms with Crippen LogP contribution in [-0.4, -0.2) is 32.4 Å². The lowest BCUT2D eigenvalue weighted by atomic mass is 10.0. The number of rotatable bonds is 7. The minimum Gasteiger partial charge on any atom is -0.363 e. The number of carbonyl (C=O) groups is 1. The molecular weight excluding hydrogens is 394 g/mol. The Balaban J connectivity index is 1.49. The molecule has 4 rings (SSSR count). The zero-order chi connectivity index (χ0) is 20.9. The van der Waals surface area contributed by atoms with Crippen molar-refractivity contribution in [3.63, 3.8) is 0 Å². The van der Waals surface area contributed by atoms with Crippen molar-refractivity contribution in [3.05, 3.63) is 83.9 Å². The van der Waals surface area contributed by atoms with Gasteiger partial charge in [-0.3, -0.25) is 9.78 Å². The van der Waals surface area contributed by atoms with Gasteiger partial charge in [0.15, 0.2) is 5.11 Å². The summed E-state index contributed by atoms with van der Waals surface area (Å²) in [6.07, 6.45) is 4.90. The van der Waals surface area contributed by atoms with E-state index in [4.69, 9.17) is 12.2 Å². The molecule has 1 aromatic carbocycles. The number of benzene rings is 1. The number of aromatic amines is 1. The fourth-order valence-electron chi connectivity index (χ4n) is 3.90. The quantitative estimate of drug-likeness (QED) is 0.506. The lowest BCUT2D eigenvalue weighted by Crippen LogP contribution is -2.32. The summed E-state index contributed by atoms with van der Waals surface area (Å²) in [6, 6.07) is 17.6. The smallest absolute Gasteiger partial charge is 0.226 e. The number of aromatic nitrogens is 2. The topological polar surface area (TPSA) is 73.1 Å². The number of H-pyrrole nitrogens is 1. The lowest BCUT2D eigenvalue weighted by Gasteiger charge is -2.26. The number of aryl methyl sites for hydroxylation is 1. The predicted octanol–water partition coefficient (Wildman–Crippen LogP) is 3.97. The van der Waals surface area contributed by atoms with Crippen LogP contribution in [0.3, 0.4) is 0 Å². The second-order valence-electron chi connectivity index (χ2n) is 7.25. The van der Waals surface area contributed by atoms with Crippen LogP contribution < -0.4 is 10.6 Å². The molecule has 7 heteroatoms. The highest BCUT2D eigenvalue weighted by molar-refractivity contribution is 7.80. The van der Waals surface area contributed by atoms with Crippen LogP contribution in [0, 0.1) is 0 Å². The molecular formula is C23H25N5OS. The van der Waals surface area contributed by atoms with Gasteiger partial charge >= 0.3 is 0 Å². The Labute approximate surface area is 181 Å². The number of hydrogen-bond donors (Lipinski definition) is 3. The molecule has 3 heterocycles. The minimum absolute atomic E-state index is 0.0229. The third kappa shape index (κ3) is 4.21. The molecule has 0 aliphatic carbocycles. The third-order valence-electron chi connectivity index (χ3n) is 5.39. The van der Waals surface area contributed by atoms with Gasteiger partial charge in [0, 0.05) is 36.7 Å². The van der Waals surface area contributed by atoms with Crippen molar-refractivity contribution < 1.29 is 4.79 Å². The fourth-order valence-corrected chi connectivity index (χ4v) is 4.23. The molecule has 1 aliphatic heterocycles. The molecule has 0 spiro atoms. The van der Waals surface area contributed by atoms with Crippen LogP contribution in [0.4, 0.5) is 5.69 Å². The molecule has 2 aromatic heterocycles. The van der Waals surface area contributed by atoms with Crippen LogP contribution in [-0.2, 0) is 11.2 Å². The summed E-state index contributed by atoms with van der Waals surface area (Å²) < 4.78 is 0. The number of nitrogens with one attached hydrogen (secondary N) is 3. The normalized spacial score (nSPS) is 18.3. The van der Waals surface area contributed by atoms with E-state index in [-0.39, 0.29) is 18.0 Å². The molecule has 1 aliphatic rings. The molecule has 0 saturated carbocycles. The first-order valence-electron chi connectivity index (χ1n) is 10.2. The molecule has 1 saturated heterocycles. The average molecular weight is 420 g/mol. The summed E-state index contributed by atoms with van der Waals surface area (Å²) in [5.74, 6) is -0.0229. The van der Waals surface area contributed by atoms with Crippen LogP contribution in [0.25, 0.3) is 0 Å². The summed E-state index contributed by atoms with van der Waals surface area (Å²) >= 11 is 5.63. The molecule has 154 valence electrons. The van der Waals surface area contributed by atoms with Gasteiger partial charge in [-0.25, -0.2) is 0 Å². The van der Waals surface area contributed by atoms with E-state index >= 15 is 0 Å². The van der Waals surface area contributed by atoms with E-state index < -0.39 is 0 Å². The van der Waals surface area contributed by atoms with Crippen molar-refractivity contribution in [2.24, 2.45) is 0 Å². The Morgan fingerprint density at radius 2 is 2.00 bits per heavy atom. The number of para-hydroxylation sites is 1. The number of pyridine rings is 1. The van der Waals surface area contributed by atoms with Crippen molar-refractivity contribution in [1.29, 1.82) is 0 Å². The van der Waals surface area contributed by atoms with E-state index in [0.29, 0.717) is 18.1 Å². The maximum Gasteiger partial charge on any atom is 0.226 e. The average Bonchev–Trinajstić information content (AvgIpc) is 3.41. The molecule has 3 aromatic rings. The van der Waals surface area contributed by atoms with Crippen LogP contribution in [0.1, 0.15) is 42.4 Å². The summed E-state index contributed by atoms with van der Waals surface area (Å²) in [7, 11) is 0. The molecule has 6 nitrogen and oxygen atoms in total. The number of amides is 1. The standard InChI is InChI=1S/C23H25N5OS/c1-2-16-8-3-4-9-17(16)26-20(29)12-15-28-22(19-11-7-14-25-19)21(27-23(28)30)18-10-5-6-13-24-18/h3-11,13-14,21-22,25H,2,12,15H2,1H3,(H,26,29)(H,27,30)/t21-,22-/m1/s1. The van der Waals surface area contributed by atoms with Gasteiger partial charge in [0.05, 0.1) is 17.8 Å². The number of thiocarbonyl (C=S) groups is 1. The van der Waals surface area contributed by atoms with E-state index in [1.165, 1.54) is 0 Å². The van der Waals surface area contributed by atoms with E-state index in [1.54, 1.807) is 6.20 Å². The van der Waals surface area contributed by atoms with Gasteiger partial charge in [0.1, 0.15) is 0 Å². The van der Waals surface area contributed by atoms with Crippen LogP contribution >= 0.6 is 12.2 Å². The Morgan fingerprint density at radius 3 is 2.73 bits per heavy atom. The molecule has 0 unspecified atom stereocenters. The monoisotopic (exact) mass is 419 g/mol. The largest absolute Gasteiger partial charge is 0.363 e. The van der Waals surface area contributed by atoms with Gasteiger partial charge in [0.25, 0.3) is 0 Å². The van der Waals surface area contributed by atoms with Crippen molar-refractivity contribution in [3.8, 4) is 0 Å². The minimum atomic E-state index is -0.0822. The summed E-state index contributed by atoms with van der Waals surface area (Å²) in [5.41, 5.74) is 3.96. The van der Waals surface area contributed by atoms with Crippen molar-refractivity contribution >= 4 is 28.9 Å². The maximum absolute atomic E-state index is 12.7. The van der Waals surface area contributed by atoms with Crippen molar-refractivity contribution in [1.82, 2.24) is 20.2 Å². The molecule has 3 N–H and O–H groups in total. The molecule has 1 amide bonds. The molecule has 2 atom stereocenters. The molecule has 0 bridgehead atoms. The highest BCUT2D eigenvalue weighted by Gasteiger charge is 2.40. The van der Waals surface area contributed by atoms with Crippen molar-refractivity contribution in [2.45, 2.75) is 31.8 Å². The van der Waals surface area contributed by atoms with Crippen LogP contribution in [0.5, 0.6) is 0 Å². The zero-order valence-electron chi connectivity index (χ0n) is 16.8. The second-order valence-corrected chi connectivity index (χ2v) is 7.64. The van der Waals surface area contributed by atoms with E-state index in [9.17, 15) is 4.79 Å². The van der Waals surface area contributed by atoms with Gasteiger partial charge < -0.3 is 20.5 Å². The summed E-state index contributed by atoms with van der Waals surface area (Å²) in [5, 5.41) is 7.07. The Kier molecular flexibility index (Phi) is 6.09. The Morgan fingerprint density at radius 1 is 1.17 bits per heavy atom. The number of carbonyl (C=O) groups excluding carboxylic acids is 1.